The Morgan fingerprint density at radius 3 is 2.52 bits per heavy atom. The largest absolute Gasteiger partial charge is 0.496 e. The summed E-state index contributed by atoms with van der Waals surface area (Å²) >= 11 is 1.22. The lowest BCUT2D eigenvalue weighted by atomic mass is 10.1. The summed E-state index contributed by atoms with van der Waals surface area (Å²) in [6.07, 6.45) is 0. The summed E-state index contributed by atoms with van der Waals surface area (Å²) in [4.78, 5) is 25.9. The molecule has 0 radical (unpaired) electrons. The highest BCUT2D eigenvalue weighted by atomic mass is 32.1. The van der Waals surface area contributed by atoms with Gasteiger partial charge in [-0.15, -0.1) is 11.3 Å². The zero-order valence-electron chi connectivity index (χ0n) is 16.2. The van der Waals surface area contributed by atoms with E-state index in [-0.39, 0.29) is 11.5 Å². The number of benzene rings is 2. The van der Waals surface area contributed by atoms with Crippen molar-refractivity contribution >= 4 is 23.2 Å². The van der Waals surface area contributed by atoms with Crippen LogP contribution >= 0.6 is 11.3 Å². The van der Waals surface area contributed by atoms with Gasteiger partial charge in [0.05, 0.1) is 17.6 Å². The van der Waals surface area contributed by atoms with E-state index in [2.05, 4.69) is 16.0 Å². The van der Waals surface area contributed by atoms with Crippen LogP contribution in [0.1, 0.15) is 20.2 Å². The average molecular weight is 437 g/mol. The van der Waals surface area contributed by atoms with Gasteiger partial charge in [0.25, 0.3) is 11.8 Å². The molecule has 156 valence electrons. The Balaban J connectivity index is 1.40. The smallest absolute Gasteiger partial charge is 0.291 e. The fourth-order valence-corrected chi connectivity index (χ4v) is 3.73. The third-order valence-electron chi connectivity index (χ3n) is 4.36. The zero-order chi connectivity index (χ0) is 21.8. The number of nitrogens with zero attached hydrogens (tertiary/aromatic N) is 1. The van der Waals surface area contributed by atoms with E-state index in [0.29, 0.717) is 22.0 Å². The molecule has 0 spiro atoms. The number of hydrogen-bond donors (Lipinski definition) is 2. The summed E-state index contributed by atoms with van der Waals surface area (Å²) in [6.45, 7) is 0. The summed E-state index contributed by atoms with van der Waals surface area (Å²) in [5.41, 5.74) is 6.10. The quantitative estimate of drug-likeness (QED) is 0.454. The van der Waals surface area contributed by atoms with Crippen molar-refractivity contribution in [2.24, 2.45) is 0 Å². The van der Waals surface area contributed by atoms with Crippen LogP contribution in [0.4, 0.5) is 4.39 Å². The first-order chi connectivity index (χ1) is 15.0. The van der Waals surface area contributed by atoms with E-state index in [1.807, 2.05) is 12.1 Å². The second-order valence-electron chi connectivity index (χ2n) is 6.36. The molecule has 0 unspecified atom stereocenters. The summed E-state index contributed by atoms with van der Waals surface area (Å²) in [5, 5.41) is 3.75. The Morgan fingerprint density at radius 2 is 1.74 bits per heavy atom. The molecule has 0 aliphatic heterocycles. The van der Waals surface area contributed by atoms with Gasteiger partial charge in [-0.2, -0.15) is 0 Å². The summed E-state index contributed by atoms with van der Waals surface area (Å²) < 4.78 is 23.6. The first-order valence-electron chi connectivity index (χ1n) is 9.11. The highest BCUT2D eigenvalue weighted by molar-refractivity contribution is 7.17. The molecule has 9 heteroatoms. The minimum Gasteiger partial charge on any atom is -0.496 e. The maximum atomic E-state index is 13.1. The van der Waals surface area contributed by atoms with Crippen molar-refractivity contribution in [1.82, 2.24) is 16.0 Å². The number of methoxy groups -OCH3 is 1. The fraction of sp³-hybridized carbons (Fsp3) is 0.0455. The van der Waals surface area contributed by atoms with Crippen LogP contribution in [0.2, 0.25) is 0 Å². The van der Waals surface area contributed by atoms with Crippen LogP contribution in [0, 0.1) is 5.82 Å². The fourth-order valence-electron chi connectivity index (χ4n) is 2.83. The monoisotopic (exact) mass is 437 g/mol. The number of aromatic nitrogens is 1. The SMILES string of the molecule is COc1ccccc1-c1cc(C(=O)NNC(=O)c2ccc(-c3ccc(F)cc3)s2)no1. The summed E-state index contributed by atoms with van der Waals surface area (Å²) in [6, 6.07) is 18.0. The lowest BCUT2D eigenvalue weighted by molar-refractivity contribution is 0.0843. The van der Waals surface area contributed by atoms with E-state index in [4.69, 9.17) is 9.26 Å². The average Bonchev–Trinajstić information content (AvgIpc) is 3.48. The molecule has 0 bridgehead atoms. The Hall–Kier alpha value is -3.98. The number of hydrazine groups is 1. The van der Waals surface area contributed by atoms with E-state index in [9.17, 15) is 14.0 Å². The molecular weight excluding hydrogens is 421 g/mol. The Kier molecular flexibility index (Phi) is 5.76. The standard InChI is InChI=1S/C22H16FN3O4S/c1-29-17-5-3-2-4-15(17)18-12-16(26-30-18)21(27)24-25-22(28)20-11-10-19(31-20)13-6-8-14(23)9-7-13/h2-12H,1H3,(H,24,27)(H,25,28). The summed E-state index contributed by atoms with van der Waals surface area (Å²) in [7, 11) is 1.53. The number of carbonyl (C=O) groups is 2. The topological polar surface area (TPSA) is 93.5 Å². The maximum absolute atomic E-state index is 13.1. The molecule has 0 saturated carbocycles. The number of halogens is 1. The molecule has 2 heterocycles. The van der Waals surface area contributed by atoms with Crippen LogP contribution in [0.5, 0.6) is 5.75 Å². The second kappa shape index (κ2) is 8.80. The number of amides is 2. The number of thiophene rings is 1. The molecule has 0 atom stereocenters. The number of nitrogens with one attached hydrogen (secondary N) is 2. The zero-order valence-corrected chi connectivity index (χ0v) is 17.0. The molecule has 4 aromatic rings. The van der Waals surface area contributed by atoms with Crippen LogP contribution in [-0.4, -0.2) is 24.1 Å². The minimum atomic E-state index is -0.631. The predicted octanol–water partition coefficient (Wildman–Crippen LogP) is 4.29. The molecule has 31 heavy (non-hydrogen) atoms. The lowest BCUT2D eigenvalue weighted by Crippen LogP contribution is -2.41. The highest BCUT2D eigenvalue weighted by Crippen LogP contribution is 2.30. The molecule has 2 amide bonds. The van der Waals surface area contributed by atoms with Crippen molar-refractivity contribution in [1.29, 1.82) is 0 Å². The van der Waals surface area contributed by atoms with Gasteiger partial charge in [-0.05, 0) is 42.0 Å². The number of ether oxygens (including phenoxy) is 1. The van der Waals surface area contributed by atoms with E-state index < -0.39 is 11.8 Å². The molecular formula is C22H16FN3O4S. The molecule has 0 aliphatic carbocycles. The first kappa shape index (κ1) is 20.3. The Labute approximate surface area is 180 Å². The first-order valence-corrected chi connectivity index (χ1v) is 9.93. The van der Waals surface area contributed by atoms with Gasteiger partial charge in [0.2, 0.25) is 0 Å². The van der Waals surface area contributed by atoms with Crippen LogP contribution in [-0.2, 0) is 0 Å². The maximum Gasteiger partial charge on any atom is 0.291 e. The lowest BCUT2D eigenvalue weighted by Gasteiger charge is -2.04. The molecule has 2 N–H and O–H groups in total. The van der Waals surface area contributed by atoms with E-state index in [0.717, 1.165) is 10.4 Å². The van der Waals surface area contributed by atoms with Crippen molar-refractivity contribution in [3.05, 3.63) is 83.1 Å². The van der Waals surface area contributed by atoms with Gasteiger partial charge in [0.1, 0.15) is 11.6 Å². The van der Waals surface area contributed by atoms with Crippen LogP contribution in [0.3, 0.4) is 0 Å². The highest BCUT2D eigenvalue weighted by Gasteiger charge is 2.17. The van der Waals surface area contributed by atoms with Crippen molar-refractivity contribution in [2.75, 3.05) is 7.11 Å². The Bertz CT molecular complexity index is 1230. The third-order valence-corrected chi connectivity index (χ3v) is 5.50. The van der Waals surface area contributed by atoms with Gasteiger partial charge in [-0.3, -0.25) is 20.4 Å². The normalized spacial score (nSPS) is 10.5. The van der Waals surface area contributed by atoms with Crippen LogP contribution in [0.15, 0.2) is 71.3 Å². The molecule has 0 aliphatic rings. The number of hydrogen-bond acceptors (Lipinski definition) is 6. The van der Waals surface area contributed by atoms with Gasteiger partial charge >= 0.3 is 0 Å². The van der Waals surface area contributed by atoms with Crippen molar-refractivity contribution in [2.45, 2.75) is 0 Å². The van der Waals surface area contributed by atoms with E-state index in [1.165, 1.54) is 36.6 Å². The number of para-hydroxylation sites is 1. The van der Waals surface area contributed by atoms with Crippen LogP contribution < -0.4 is 15.6 Å². The van der Waals surface area contributed by atoms with Gasteiger partial charge in [-0.1, -0.05) is 29.4 Å². The number of rotatable bonds is 5. The molecule has 7 nitrogen and oxygen atoms in total. The third kappa shape index (κ3) is 4.46. The van der Waals surface area contributed by atoms with Gasteiger partial charge in [-0.25, -0.2) is 4.39 Å². The molecule has 4 rings (SSSR count). The van der Waals surface area contributed by atoms with E-state index >= 15 is 0 Å². The molecule has 0 fully saturated rings. The molecule has 2 aromatic heterocycles. The van der Waals surface area contributed by atoms with Crippen molar-refractivity contribution < 1.29 is 23.2 Å². The molecule has 0 saturated heterocycles. The number of carbonyl (C=O) groups excluding carboxylic acids is 2. The van der Waals surface area contributed by atoms with Crippen molar-refractivity contribution in [3.63, 3.8) is 0 Å². The second-order valence-corrected chi connectivity index (χ2v) is 7.44. The van der Waals surface area contributed by atoms with Gasteiger partial charge < -0.3 is 9.26 Å². The molecule has 2 aromatic carbocycles. The Morgan fingerprint density at radius 1 is 1.00 bits per heavy atom. The van der Waals surface area contributed by atoms with Gasteiger partial charge in [0.15, 0.2) is 11.5 Å². The summed E-state index contributed by atoms with van der Waals surface area (Å²) in [5.74, 6) is -0.513. The van der Waals surface area contributed by atoms with Crippen LogP contribution in [0.25, 0.3) is 21.8 Å². The predicted molar refractivity (Wildman–Crippen MR) is 113 cm³/mol. The van der Waals surface area contributed by atoms with Gasteiger partial charge in [0, 0.05) is 10.9 Å². The van der Waals surface area contributed by atoms with Crippen molar-refractivity contribution in [3.8, 4) is 27.5 Å². The van der Waals surface area contributed by atoms with E-state index in [1.54, 1.807) is 36.4 Å². The minimum absolute atomic E-state index is 0.000568.